The summed E-state index contributed by atoms with van der Waals surface area (Å²) >= 11 is 5.82. The first-order valence-corrected chi connectivity index (χ1v) is 4.84. The second-order valence-electron chi connectivity index (χ2n) is 3.30. The van der Waals surface area contributed by atoms with E-state index in [1.165, 1.54) is 6.20 Å². The minimum Gasteiger partial charge on any atom is -0.367 e. The molecule has 1 heterocycles. The van der Waals surface area contributed by atoms with Crippen molar-refractivity contribution in [1.29, 1.82) is 0 Å². The third-order valence-corrected chi connectivity index (χ3v) is 2.51. The van der Waals surface area contributed by atoms with Gasteiger partial charge in [0.2, 0.25) is 5.88 Å². The molecule has 0 aliphatic heterocycles. The van der Waals surface area contributed by atoms with E-state index in [0.29, 0.717) is 0 Å². The Morgan fingerprint density at radius 2 is 1.94 bits per heavy atom. The van der Waals surface area contributed by atoms with E-state index >= 15 is 0 Å². The van der Waals surface area contributed by atoms with Crippen LogP contribution in [0.5, 0.6) is 0 Å². The monoisotopic (exact) mass is 262 g/mol. The average molecular weight is 263 g/mol. The highest BCUT2D eigenvalue weighted by Gasteiger charge is 2.31. The summed E-state index contributed by atoms with van der Waals surface area (Å²) in [5.41, 5.74) is 5.00. The number of nitrogen functional groups attached to an aromatic ring is 1. The van der Waals surface area contributed by atoms with Crippen LogP contribution in [0.4, 0.5) is 19.1 Å². The van der Waals surface area contributed by atoms with Crippen molar-refractivity contribution in [2.45, 2.75) is 6.18 Å². The fraction of sp³-hybridized carbons (Fsp3) is 0.100. The minimum absolute atomic E-state index is 0.0776. The molecule has 0 saturated carbocycles. The molecule has 3 nitrogen and oxygen atoms in total. The molecule has 0 unspecified atom stereocenters. The van der Waals surface area contributed by atoms with Crippen molar-refractivity contribution < 1.29 is 17.7 Å². The predicted molar refractivity (Wildman–Crippen MR) is 56.4 cm³/mol. The number of aromatic nitrogens is 1. The fourth-order valence-corrected chi connectivity index (χ4v) is 1.58. The van der Waals surface area contributed by atoms with Gasteiger partial charge in [0.25, 0.3) is 0 Å². The first-order chi connectivity index (χ1) is 7.89. The van der Waals surface area contributed by atoms with Crippen LogP contribution in [0.2, 0.25) is 5.02 Å². The van der Waals surface area contributed by atoms with Gasteiger partial charge >= 0.3 is 6.18 Å². The van der Waals surface area contributed by atoms with Gasteiger partial charge in [0.1, 0.15) is 0 Å². The molecule has 2 rings (SSSR count). The number of anilines is 1. The number of alkyl halides is 3. The molecule has 2 aromatic rings. The van der Waals surface area contributed by atoms with E-state index < -0.39 is 11.7 Å². The van der Waals surface area contributed by atoms with Crippen LogP contribution >= 0.6 is 11.6 Å². The molecule has 90 valence electrons. The topological polar surface area (TPSA) is 52.0 Å². The highest BCUT2D eigenvalue weighted by Crippen LogP contribution is 2.37. The molecule has 0 radical (unpaired) electrons. The first kappa shape index (κ1) is 11.8. The van der Waals surface area contributed by atoms with Gasteiger partial charge in [-0.3, -0.25) is 0 Å². The Bertz CT molecular complexity index is 551. The standard InChI is InChI=1S/C10H6ClF3N2O/c11-8-2-1-5(10(12,13)14)3-6(8)7-4-16-17-9(7)15/h1-4H,15H2. The van der Waals surface area contributed by atoms with E-state index in [1.54, 1.807) is 0 Å². The summed E-state index contributed by atoms with van der Waals surface area (Å²) in [5, 5.41) is 3.54. The van der Waals surface area contributed by atoms with E-state index in [1.807, 2.05) is 0 Å². The molecule has 1 aromatic heterocycles. The first-order valence-electron chi connectivity index (χ1n) is 4.47. The quantitative estimate of drug-likeness (QED) is 0.854. The molecule has 7 heteroatoms. The number of hydrogen-bond acceptors (Lipinski definition) is 3. The lowest BCUT2D eigenvalue weighted by Crippen LogP contribution is -2.04. The van der Waals surface area contributed by atoms with Gasteiger partial charge < -0.3 is 10.3 Å². The predicted octanol–water partition coefficient (Wildman–Crippen LogP) is 3.60. The maximum Gasteiger partial charge on any atom is 0.416 e. The highest BCUT2D eigenvalue weighted by atomic mass is 35.5. The molecule has 0 atom stereocenters. The van der Waals surface area contributed by atoms with Crippen molar-refractivity contribution in [2.24, 2.45) is 0 Å². The van der Waals surface area contributed by atoms with Crippen LogP contribution in [-0.2, 0) is 6.18 Å². The van der Waals surface area contributed by atoms with Gasteiger partial charge in [-0.1, -0.05) is 16.8 Å². The Morgan fingerprint density at radius 3 is 2.47 bits per heavy atom. The van der Waals surface area contributed by atoms with Crippen molar-refractivity contribution in [3.05, 3.63) is 35.0 Å². The zero-order valence-corrected chi connectivity index (χ0v) is 9.01. The van der Waals surface area contributed by atoms with Crippen LogP contribution < -0.4 is 5.73 Å². The summed E-state index contributed by atoms with van der Waals surface area (Å²) in [6, 6.07) is 2.97. The Kier molecular flexibility index (Phi) is 2.74. The van der Waals surface area contributed by atoms with Crippen molar-refractivity contribution in [2.75, 3.05) is 5.73 Å². The van der Waals surface area contributed by atoms with Gasteiger partial charge in [0.05, 0.1) is 17.3 Å². The van der Waals surface area contributed by atoms with E-state index in [4.69, 9.17) is 17.3 Å². The van der Waals surface area contributed by atoms with Crippen LogP contribution in [0, 0.1) is 0 Å². The summed E-state index contributed by atoms with van der Waals surface area (Å²) in [6.45, 7) is 0. The molecule has 2 N–H and O–H groups in total. The zero-order valence-electron chi connectivity index (χ0n) is 8.25. The van der Waals surface area contributed by atoms with Gasteiger partial charge in [0, 0.05) is 10.6 Å². The van der Waals surface area contributed by atoms with Crippen molar-refractivity contribution in [1.82, 2.24) is 5.16 Å². The largest absolute Gasteiger partial charge is 0.416 e. The lowest BCUT2D eigenvalue weighted by atomic mass is 10.1. The molecular weight excluding hydrogens is 257 g/mol. The number of halogens is 4. The van der Waals surface area contributed by atoms with Gasteiger partial charge in [-0.15, -0.1) is 0 Å². The zero-order chi connectivity index (χ0) is 12.6. The SMILES string of the molecule is Nc1oncc1-c1cc(C(F)(F)F)ccc1Cl. The van der Waals surface area contributed by atoms with Crippen LogP contribution in [0.15, 0.2) is 28.9 Å². The Balaban J connectivity index is 2.58. The molecule has 0 aliphatic carbocycles. The molecule has 0 spiro atoms. The fourth-order valence-electron chi connectivity index (χ4n) is 1.36. The number of nitrogens with zero attached hydrogens (tertiary/aromatic N) is 1. The van der Waals surface area contributed by atoms with Gasteiger partial charge in [-0.05, 0) is 18.2 Å². The smallest absolute Gasteiger partial charge is 0.367 e. The summed E-state index contributed by atoms with van der Waals surface area (Å²) in [5.74, 6) is -0.0776. The van der Waals surface area contributed by atoms with Crippen molar-refractivity contribution in [3.63, 3.8) is 0 Å². The van der Waals surface area contributed by atoms with Crippen LogP contribution in [0.3, 0.4) is 0 Å². The lowest BCUT2D eigenvalue weighted by Gasteiger charge is -2.09. The molecule has 1 aromatic carbocycles. The second-order valence-corrected chi connectivity index (χ2v) is 3.70. The van der Waals surface area contributed by atoms with Crippen molar-refractivity contribution in [3.8, 4) is 11.1 Å². The summed E-state index contributed by atoms with van der Waals surface area (Å²) in [7, 11) is 0. The number of nitrogens with two attached hydrogens (primary N) is 1. The molecule has 0 bridgehead atoms. The molecule has 0 aliphatic rings. The molecule has 0 fully saturated rings. The van der Waals surface area contributed by atoms with E-state index in [9.17, 15) is 13.2 Å². The van der Waals surface area contributed by atoms with Gasteiger partial charge in [-0.2, -0.15) is 13.2 Å². The van der Waals surface area contributed by atoms with E-state index in [0.717, 1.165) is 18.2 Å². The number of benzene rings is 1. The second kappa shape index (κ2) is 3.96. The maximum atomic E-state index is 12.5. The van der Waals surface area contributed by atoms with Gasteiger partial charge in [0.15, 0.2) is 0 Å². The molecule has 0 saturated heterocycles. The third-order valence-electron chi connectivity index (χ3n) is 2.18. The Hall–Kier alpha value is -1.69. The summed E-state index contributed by atoms with van der Waals surface area (Å²) in [6.07, 6.45) is -3.22. The van der Waals surface area contributed by atoms with Crippen molar-refractivity contribution >= 4 is 17.5 Å². The Labute approximate surface area is 99.0 Å². The van der Waals surface area contributed by atoms with Crippen LogP contribution in [0.1, 0.15) is 5.56 Å². The van der Waals surface area contributed by atoms with E-state index in [-0.39, 0.29) is 22.0 Å². The number of hydrogen-bond donors (Lipinski definition) is 1. The Morgan fingerprint density at radius 1 is 1.24 bits per heavy atom. The molecule has 17 heavy (non-hydrogen) atoms. The molecule has 0 amide bonds. The van der Waals surface area contributed by atoms with Crippen LogP contribution in [-0.4, -0.2) is 5.16 Å². The van der Waals surface area contributed by atoms with Gasteiger partial charge in [-0.25, -0.2) is 0 Å². The normalized spacial score (nSPS) is 11.8. The average Bonchev–Trinajstić information content (AvgIpc) is 2.63. The van der Waals surface area contributed by atoms with E-state index in [2.05, 4.69) is 9.68 Å². The van der Waals surface area contributed by atoms with Crippen LogP contribution in [0.25, 0.3) is 11.1 Å². The maximum absolute atomic E-state index is 12.5. The lowest BCUT2D eigenvalue weighted by molar-refractivity contribution is -0.137. The number of rotatable bonds is 1. The minimum atomic E-state index is -4.44. The summed E-state index contributed by atoms with van der Waals surface area (Å²) < 4.78 is 42.2. The highest BCUT2D eigenvalue weighted by molar-refractivity contribution is 6.33. The molecular formula is C10H6ClF3N2O. The summed E-state index contributed by atoms with van der Waals surface area (Å²) in [4.78, 5) is 0. The third kappa shape index (κ3) is 2.21.